The predicted molar refractivity (Wildman–Crippen MR) is 83.2 cm³/mol. The van der Waals surface area contributed by atoms with E-state index in [1.807, 2.05) is 0 Å². The van der Waals surface area contributed by atoms with Gasteiger partial charge in [-0.15, -0.1) is 0 Å². The zero-order chi connectivity index (χ0) is 16.4. The predicted octanol–water partition coefficient (Wildman–Crippen LogP) is 4.55. The smallest absolute Gasteiger partial charge is 0.194 e. The standard InChI is InChI=1S/C17H12F3N3/c18-14-9-13(10-15(19)17(14)20)23(16-3-1-2-8-22-16)12-6-4-11(21)5-7-12/h1-10H,21H2. The average Bonchev–Trinajstić information content (AvgIpc) is 2.55. The largest absolute Gasteiger partial charge is 0.399 e. The molecule has 116 valence electrons. The van der Waals surface area contributed by atoms with Crippen LogP contribution in [0.2, 0.25) is 0 Å². The molecule has 0 saturated heterocycles. The maximum absolute atomic E-state index is 13.6. The second kappa shape index (κ2) is 6.00. The van der Waals surface area contributed by atoms with Gasteiger partial charge in [-0.3, -0.25) is 4.90 Å². The highest BCUT2D eigenvalue weighted by Gasteiger charge is 2.18. The second-order valence-electron chi connectivity index (χ2n) is 4.84. The molecule has 0 aliphatic rings. The summed E-state index contributed by atoms with van der Waals surface area (Å²) in [5.74, 6) is -3.61. The Morgan fingerprint density at radius 1 is 0.826 bits per heavy atom. The molecule has 0 saturated carbocycles. The number of benzene rings is 2. The van der Waals surface area contributed by atoms with Crippen LogP contribution in [-0.2, 0) is 0 Å². The summed E-state index contributed by atoms with van der Waals surface area (Å²) < 4.78 is 40.5. The fourth-order valence-electron chi connectivity index (χ4n) is 2.19. The Kier molecular flexibility index (Phi) is 3.89. The van der Waals surface area contributed by atoms with E-state index in [0.29, 0.717) is 17.2 Å². The normalized spacial score (nSPS) is 10.6. The molecule has 3 rings (SSSR count). The fourth-order valence-corrected chi connectivity index (χ4v) is 2.19. The molecule has 3 aromatic rings. The lowest BCUT2D eigenvalue weighted by Gasteiger charge is -2.24. The summed E-state index contributed by atoms with van der Waals surface area (Å²) in [7, 11) is 0. The van der Waals surface area contributed by atoms with Gasteiger partial charge in [0.05, 0.1) is 5.69 Å². The van der Waals surface area contributed by atoms with Crippen molar-refractivity contribution in [1.82, 2.24) is 4.98 Å². The molecule has 2 aromatic carbocycles. The zero-order valence-electron chi connectivity index (χ0n) is 11.9. The monoisotopic (exact) mass is 315 g/mol. The van der Waals surface area contributed by atoms with Gasteiger partial charge in [-0.2, -0.15) is 0 Å². The van der Waals surface area contributed by atoms with E-state index in [2.05, 4.69) is 4.98 Å². The lowest BCUT2D eigenvalue weighted by Crippen LogP contribution is -2.12. The van der Waals surface area contributed by atoms with Crippen LogP contribution in [0.25, 0.3) is 0 Å². The van der Waals surface area contributed by atoms with Crippen molar-refractivity contribution in [3.8, 4) is 0 Å². The summed E-state index contributed by atoms with van der Waals surface area (Å²) in [4.78, 5) is 5.70. The first-order valence-electron chi connectivity index (χ1n) is 6.77. The van der Waals surface area contributed by atoms with Crippen molar-refractivity contribution in [1.29, 1.82) is 0 Å². The van der Waals surface area contributed by atoms with Gasteiger partial charge in [-0.1, -0.05) is 6.07 Å². The summed E-state index contributed by atoms with van der Waals surface area (Å²) in [6.45, 7) is 0. The molecular weight excluding hydrogens is 303 g/mol. The van der Waals surface area contributed by atoms with E-state index in [9.17, 15) is 13.2 Å². The number of anilines is 4. The van der Waals surface area contributed by atoms with Crippen LogP contribution in [0.3, 0.4) is 0 Å². The van der Waals surface area contributed by atoms with E-state index < -0.39 is 17.5 Å². The molecular formula is C17H12F3N3. The van der Waals surface area contributed by atoms with E-state index in [1.165, 1.54) is 4.90 Å². The van der Waals surface area contributed by atoms with Crippen molar-refractivity contribution >= 4 is 22.9 Å². The van der Waals surface area contributed by atoms with Crippen LogP contribution < -0.4 is 10.6 Å². The quantitative estimate of drug-likeness (QED) is 0.569. The highest BCUT2D eigenvalue weighted by molar-refractivity contribution is 5.75. The fraction of sp³-hybridized carbons (Fsp3) is 0. The summed E-state index contributed by atoms with van der Waals surface area (Å²) in [6.07, 6.45) is 1.55. The number of halogens is 3. The van der Waals surface area contributed by atoms with Crippen LogP contribution in [0, 0.1) is 17.5 Å². The summed E-state index contributed by atoms with van der Waals surface area (Å²) >= 11 is 0. The molecule has 0 bridgehead atoms. The van der Waals surface area contributed by atoms with Gasteiger partial charge in [0.25, 0.3) is 0 Å². The van der Waals surface area contributed by atoms with Crippen LogP contribution in [-0.4, -0.2) is 4.98 Å². The van der Waals surface area contributed by atoms with Crippen molar-refractivity contribution < 1.29 is 13.2 Å². The molecule has 1 heterocycles. The number of aromatic nitrogens is 1. The van der Waals surface area contributed by atoms with Crippen LogP contribution in [0.15, 0.2) is 60.8 Å². The zero-order valence-corrected chi connectivity index (χ0v) is 11.9. The van der Waals surface area contributed by atoms with E-state index >= 15 is 0 Å². The third-order valence-electron chi connectivity index (χ3n) is 3.26. The molecule has 0 unspecified atom stereocenters. The van der Waals surface area contributed by atoms with Gasteiger partial charge in [0.2, 0.25) is 0 Å². The van der Waals surface area contributed by atoms with Crippen molar-refractivity contribution in [2.45, 2.75) is 0 Å². The molecule has 0 radical (unpaired) electrons. The van der Waals surface area contributed by atoms with Gasteiger partial charge in [0.1, 0.15) is 5.82 Å². The van der Waals surface area contributed by atoms with Crippen molar-refractivity contribution in [3.63, 3.8) is 0 Å². The molecule has 0 amide bonds. The Balaban J connectivity index is 2.18. The molecule has 23 heavy (non-hydrogen) atoms. The van der Waals surface area contributed by atoms with Crippen LogP contribution in [0.1, 0.15) is 0 Å². The summed E-state index contributed by atoms with van der Waals surface area (Å²) in [5, 5.41) is 0. The summed E-state index contributed by atoms with van der Waals surface area (Å²) in [6, 6.07) is 13.6. The molecule has 1 aromatic heterocycles. The molecule has 0 aliphatic heterocycles. The van der Waals surface area contributed by atoms with E-state index in [1.54, 1.807) is 48.7 Å². The van der Waals surface area contributed by atoms with Crippen LogP contribution in [0.4, 0.5) is 36.1 Å². The Morgan fingerprint density at radius 2 is 1.48 bits per heavy atom. The summed E-state index contributed by atoms with van der Waals surface area (Å²) in [5.41, 5.74) is 6.92. The first kappa shape index (κ1) is 14.9. The number of hydrogen-bond donors (Lipinski definition) is 1. The Hall–Kier alpha value is -3.02. The van der Waals surface area contributed by atoms with E-state index in [-0.39, 0.29) is 5.69 Å². The molecule has 0 fully saturated rings. The number of hydrogen-bond acceptors (Lipinski definition) is 3. The average molecular weight is 315 g/mol. The third-order valence-corrected chi connectivity index (χ3v) is 3.26. The maximum atomic E-state index is 13.6. The molecule has 6 heteroatoms. The Morgan fingerprint density at radius 3 is 2.04 bits per heavy atom. The highest BCUT2D eigenvalue weighted by atomic mass is 19.2. The van der Waals surface area contributed by atoms with Crippen molar-refractivity contribution in [3.05, 3.63) is 78.2 Å². The first-order chi connectivity index (χ1) is 11.1. The number of nitrogens with zero attached hydrogens (tertiary/aromatic N) is 2. The molecule has 0 spiro atoms. The number of nitrogens with two attached hydrogens (primary N) is 1. The number of rotatable bonds is 3. The molecule has 2 N–H and O–H groups in total. The lowest BCUT2D eigenvalue weighted by molar-refractivity contribution is 0.447. The van der Waals surface area contributed by atoms with Gasteiger partial charge < -0.3 is 5.73 Å². The van der Waals surface area contributed by atoms with Crippen LogP contribution >= 0.6 is 0 Å². The van der Waals surface area contributed by atoms with Gasteiger partial charge >= 0.3 is 0 Å². The lowest BCUT2D eigenvalue weighted by atomic mass is 10.2. The Labute approximate surface area is 130 Å². The van der Waals surface area contributed by atoms with Gasteiger partial charge in [0.15, 0.2) is 17.5 Å². The molecule has 0 atom stereocenters. The number of pyridine rings is 1. The first-order valence-corrected chi connectivity index (χ1v) is 6.77. The number of nitrogen functional groups attached to an aromatic ring is 1. The highest BCUT2D eigenvalue weighted by Crippen LogP contribution is 2.34. The SMILES string of the molecule is Nc1ccc(N(c2cc(F)c(F)c(F)c2)c2ccccn2)cc1. The Bertz CT molecular complexity index is 797. The topological polar surface area (TPSA) is 42.1 Å². The molecule has 0 aliphatic carbocycles. The van der Waals surface area contributed by atoms with Gasteiger partial charge in [0, 0.05) is 29.7 Å². The third kappa shape index (κ3) is 2.96. The minimum absolute atomic E-state index is 0.116. The van der Waals surface area contributed by atoms with Gasteiger partial charge in [-0.25, -0.2) is 18.2 Å². The molecule has 3 nitrogen and oxygen atoms in total. The maximum Gasteiger partial charge on any atom is 0.194 e. The van der Waals surface area contributed by atoms with Crippen LogP contribution in [0.5, 0.6) is 0 Å². The minimum atomic E-state index is -1.51. The minimum Gasteiger partial charge on any atom is -0.399 e. The van der Waals surface area contributed by atoms with Crippen molar-refractivity contribution in [2.75, 3.05) is 10.6 Å². The van der Waals surface area contributed by atoms with E-state index in [0.717, 1.165) is 12.1 Å². The van der Waals surface area contributed by atoms with E-state index in [4.69, 9.17) is 5.73 Å². The van der Waals surface area contributed by atoms with Gasteiger partial charge in [-0.05, 0) is 36.4 Å². The second-order valence-corrected chi connectivity index (χ2v) is 4.84. The van der Waals surface area contributed by atoms with Crippen molar-refractivity contribution in [2.24, 2.45) is 0 Å².